The molecule has 0 radical (unpaired) electrons. The van der Waals surface area contributed by atoms with E-state index in [9.17, 15) is 0 Å². The summed E-state index contributed by atoms with van der Waals surface area (Å²) in [6.45, 7) is 6.81. The summed E-state index contributed by atoms with van der Waals surface area (Å²) >= 11 is 0. The van der Waals surface area contributed by atoms with Crippen LogP contribution in [-0.2, 0) is 9.47 Å². The van der Waals surface area contributed by atoms with Gasteiger partial charge in [0.1, 0.15) is 0 Å². The quantitative estimate of drug-likeness (QED) is 0.734. The van der Waals surface area contributed by atoms with Gasteiger partial charge >= 0.3 is 0 Å². The van der Waals surface area contributed by atoms with E-state index in [1.807, 2.05) is 0 Å². The van der Waals surface area contributed by atoms with Crippen LogP contribution >= 0.6 is 0 Å². The first-order chi connectivity index (χ1) is 7.58. The van der Waals surface area contributed by atoms with Gasteiger partial charge < -0.3 is 14.8 Å². The molecule has 1 saturated carbocycles. The monoisotopic (exact) mass is 229 g/mol. The Morgan fingerprint density at radius 3 is 2.31 bits per heavy atom. The minimum Gasteiger partial charge on any atom is -0.354 e. The van der Waals surface area contributed by atoms with Crippen molar-refractivity contribution in [3.8, 4) is 0 Å². The molecule has 1 N–H and O–H groups in total. The van der Waals surface area contributed by atoms with Crippen molar-refractivity contribution < 1.29 is 9.47 Å². The molecule has 1 aliphatic carbocycles. The molecule has 1 fully saturated rings. The Balaban J connectivity index is 2.44. The maximum Gasteiger partial charge on any atom is 0.171 e. The van der Waals surface area contributed by atoms with Gasteiger partial charge in [0, 0.05) is 20.3 Å². The molecule has 0 aromatic rings. The second-order valence-corrected chi connectivity index (χ2v) is 5.30. The number of ether oxygens (including phenoxy) is 2. The average Bonchev–Trinajstić information content (AvgIpc) is 2.25. The first-order valence-electron chi connectivity index (χ1n) is 6.40. The molecule has 3 heteroatoms. The van der Waals surface area contributed by atoms with Gasteiger partial charge in [0.25, 0.3) is 0 Å². The number of rotatable bonds is 5. The smallest absolute Gasteiger partial charge is 0.171 e. The molecular formula is C13H27NO2. The fraction of sp³-hybridized carbons (Fsp3) is 1.00. The van der Waals surface area contributed by atoms with Gasteiger partial charge in [-0.15, -0.1) is 0 Å². The molecule has 1 aliphatic rings. The van der Waals surface area contributed by atoms with Crippen molar-refractivity contribution in [3.63, 3.8) is 0 Å². The lowest BCUT2D eigenvalue weighted by molar-refractivity contribution is -0.122. The maximum absolute atomic E-state index is 5.28. The highest BCUT2D eigenvalue weighted by Gasteiger charge is 2.28. The molecular weight excluding hydrogens is 202 g/mol. The highest BCUT2D eigenvalue weighted by atomic mass is 16.7. The van der Waals surface area contributed by atoms with Crippen LogP contribution in [0.4, 0.5) is 0 Å². The number of hydrogen-bond donors (Lipinski definition) is 1. The standard InChI is InChI=1S/C13H27NO2/c1-9-6-7-10(2)12(8-9)14-11(3)13(15-4)16-5/h9-14H,6-8H2,1-5H3. The molecule has 0 heterocycles. The Bertz CT molecular complexity index is 194. The van der Waals surface area contributed by atoms with Crippen molar-refractivity contribution in [2.45, 2.75) is 58.4 Å². The molecule has 0 amide bonds. The molecule has 16 heavy (non-hydrogen) atoms. The highest BCUT2D eigenvalue weighted by Crippen LogP contribution is 2.28. The van der Waals surface area contributed by atoms with Crippen molar-refractivity contribution in [3.05, 3.63) is 0 Å². The molecule has 96 valence electrons. The van der Waals surface area contributed by atoms with Crippen molar-refractivity contribution in [2.75, 3.05) is 14.2 Å². The van der Waals surface area contributed by atoms with E-state index >= 15 is 0 Å². The predicted octanol–water partition coefficient (Wildman–Crippen LogP) is 2.41. The van der Waals surface area contributed by atoms with Gasteiger partial charge in [0.15, 0.2) is 6.29 Å². The summed E-state index contributed by atoms with van der Waals surface area (Å²) in [7, 11) is 3.39. The van der Waals surface area contributed by atoms with Crippen LogP contribution in [0, 0.1) is 11.8 Å². The molecule has 3 nitrogen and oxygen atoms in total. The average molecular weight is 229 g/mol. The van der Waals surface area contributed by atoms with Gasteiger partial charge in [-0.25, -0.2) is 0 Å². The summed E-state index contributed by atoms with van der Waals surface area (Å²) in [6.07, 6.45) is 3.82. The van der Waals surface area contributed by atoms with Crippen LogP contribution in [0.2, 0.25) is 0 Å². The van der Waals surface area contributed by atoms with Gasteiger partial charge in [-0.1, -0.05) is 20.3 Å². The number of nitrogens with one attached hydrogen (secondary N) is 1. The summed E-state index contributed by atoms with van der Waals surface area (Å²) in [5, 5.41) is 3.65. The second-order valence-electron chi connectivity index (χ2n) is 5.30. The Hall–Kier alpha value is -0.120. The van der Waals surface area contributed by atoms with Gasteiger partial charge in [-0.05, 0) is 31.6 Å². The Morgan fingerprint density at radius 2 is 1.75 bits per heavy atom. The van der Waals surface area contributed by atoms with E-state index in [4.69, 9.17) is 9.47 Å². The largest absolute Gasteiger partial charge is 0.354 e. The maximum atomic E-state index is 5.28. The minimum atomic E-state index is -0.149. The highest BCUT2D eigenvalue weighted by molar-refractivity contribution is 4.83. The van der Waals surface area contributed by atoms with Gasteiger partial charge in [-0.2, -0.15) is 0 Å². The third-order valence-corrected chi connectivity index (χ3v) is 3.81. The van der Waals surface area contributed by atoms with Gasteiger partial charge in [0.2, 0.25) is 0 Å². The Kier molecular flexibility index (Phi) is 5.73. The molecule has 1 rings (SSSR count). The van der Waals surface area contributed by atoms with Crippen LogP contribution in [0.3, 0.4) is 0 Å². The summed E-state index contributed by atoms with van der Waals surface area (Å²) < 4.78 is 10.6. The predicted molar refractivity (Wildman–Crippen MR) is 66.4 cm³/mol. The zero-order chi connectivity index (χ0) is 12.1. The number of methoxy groups -OCH3 is 2. The third kappa shape index (κ3) is 3.72. The SMILES string of the molecule is COC(OC)C(C)NC1CC(C)CCC1C. The van der Waals surface area contributed by atoms with Crippen molar-refractivity contribution in [2.24, 2.45) is 11.8 Å². The number of hydrogen-bond acceptors (Lipinski definition) is 3. The first kappa shape index (κ1) is 13.9. The van der Waals surface area contributed by atoms with E-state index in [2.05, 4.69) is 26.1 Å². The van der Waals surface area contributed by atoms with Gasteiger partial charge in [0.05, 0.1) is 6.04 Å². The molecule has 0 aromatic heterocycles. The molecule has 4 atom stereocenters. The van der Waals surface area contributed by atoms with E-state index in [-0.39, 0.29) is 12.3 Å². The zero-order valence-electron chi connectivity index (χ0n) is 11.3. The Labute approximate surface area is 99.9 Å². The summed E-state index contributed by atoms with van der Waals surface area (Å²) in [4.78, 5) is 0. The van der Waals surface area contributed by atoms with E-state index in [0.717, 1.165) is 11.8 Å². The fourth-order valence-electron chi connectivity index (χ4n) is 2.69. The fourth-order valence-corrected chi connectivity index (χ4v) is 2.69. The van der Waals surface area contributed by atoms with Crippen LogP contribution in [0.5, 0.6) is 0 Å². The van der Waals surface area contributed by atoms with E-state index in [1.165, 1.54) is 19.3 Å². The van der Waals surface area contributed by atoms with Crippen LogP contribution in [0.15, 0.2) is 0 Å². The Morgan fingerprint density at radius 1 is 1.12 bits per heavy atom. The third-order valence-electron chi connectivity index (χ3n) is 3.81. The molecule has 0 bridgehead atoms. The topological polar surface area (TPSA) is 30.5 Å². The van der Waals surface area contributed by atoms with E-state index in [0.29, 0.717) is 6.04 Å². The molecule has 0 saturated heterocycles. The van der Waals surface area contributed by atoms with Crippen molar-refractivity contribution in [1.29, 1.82) is 0 Å². The van der Waals surface area contributed by atoms with E-state index < -0.39 is 0 Å². The lowest BCUT2D eigenvalue weighted by atomic mass is 9.80. The summed E-state index contributed by atoms with van der Waals surface area (Å²) in [6, 6.07) is 0.847. The first-order valence-corrected chi connectivity index (χ1v) is 6.40. The molecule has 0 aromatic carbocycles. The molecule has 0 spiro atoms. The minimum absolute atomic E-state index is 0.149. The van der Waals surface area contributed by atoms with Crippen molar-refractivity contribution in [1.82, 2.24) is 5.32 Å². The second kappa shape index (κ2) is 6.58. The van der Waals surface area contributed by atoms with Crippen LogP contribution in [0.25, 0.3) is 0 Å². The molecule has 0 aliphatic heterocycles. The van der Waals surface area contributed by atoms with Gasteiger partial charge in [-0.3, -0.25) is 0 Å². The lowest BCUT2D eigenvalue weighted by Crippen LogP contribution is -2.49. The van der Waals surface area contributed by atoms with Crippen molar-refractivity contribution >= 4 is 0 Å². The lowest BCUT2D eigenvalue weighted by Gasteiger charge is -2.36. The normalized spacial score (nSPS) is 33.0. The summed E-state index contributed by atoms with van der Waals surface area (Å²) in [5.74, 6) is 1.59. The van der Waals surface area contributed by atoms with Crippen LogP contribution in [0.1, 0.15) is 40.0 Å². The summed E-state index contributed by atoms with van der Waals surface area (Å²) in [5.41, 5.74) is 0. The van der Waals surface area contributed by atoms with Crippen LogP contribution in [-0.4, -0.2) is 32.6 Å². The zero-order valence-corrected chi connectivity index (χ0v) is 11.3. The van der Waals surface area contributed by atoms with Crippen LogP contribution < -0.4 is 5.32 Å². The van der Waals surface area contributed by atoms with E-state index in [1.54, 1.807) is 14.2 Å². The molecule has 4 unspecified atom stereocenters.